The first-order chi connectivity index (χ1) is 7.22. The number of rotatable bonds is 2. The Hall–Kier alpha value is -1.19. The highest BCUT2D eigenvalue weighted by Gasteiger charge is 2.18. The van der Waals surface area contributed by atoms with E-state index in [1.165, 1.54) is 6.08 Å². The molecule has 1 atom stereocenters. The molecule has 0 fully saturated rings. The maximum Gasteiger partial charge on any atom is 0.179 e. The van der Waals surface area contributed by atoms with E-state index in [1.807, 2.05) is 0 Å². The largest absolute Gasteiger partial charge is 0.486 e. The van der Waals surface area contributed by atoms with E-state index in [1.54, 1.807) is 12.1 Å². The number of halogens is 1. The van der Waals surface area contributed by atoms with Crippen molar-refractivity contribution in [2.45, 2.75) is 6.10 Å². The Morgan fingerprint density at radius 2 is 2.13 bits per heavy atom. The lowest BCUT2D eigenvalue weighted by Gasteiger charge is -2.20. The molecule has 0 saturated carbocycles. The molecule has 0 aromatic heterocycles. The number of hydrogen-bond acceptors (Lipinski definition) is 3. The summed E-state index contributed by atoms with van der Waals surface area (Å²) in [4.78, 5) is 0. The van der Waals surface area contributed by atoms with Crippen LogP contribution in [0.5, 0.6) is 11.5 Å². The number of hydrogen-bond donors (Lipinski definition) is 1. The van der Waals surface area contributed by atoms with E-state index >= 15 is 0 Å². The number of aliphatic hydroxyl groups excluding tert-OH is 1. The van der Waals surface area contributed by atoms with Gasteiger partial charge in [-0.15, -0.1) is 6.58 Å². The van der Waals surface area contributed by atoms with Gasteiger partial charge < -0.3 is 14.6 Å². The van der Waals surface area contributed by atoms with Gasteiger partial charge in [-0.2, -0.15) is 0 Å². The third-order valence-electron chi connectivity index (χ3n) is 2.18. The summed E-state index contributed by atoms with van der Waals surface area (Å²) in [6, 6.07) is 3.37. The van der Waals surface area contributed by atoms with Gasteiger partial charge in [0.25, 0.3) is 0 Å². The molecule has 1 unspecified atom stereocenters. The van der Waals surface area contributed by atoms with Gasteiger partial charge >= 0.3 is 0 Å². The monoisotopic (exact) mass is 226 g/mol. The highest BCUT2D eigenvalue weighted by molar-refractivity contribution is 6.32. The van der Waals surface area contributed by atoms with Crippen LogP contribution >= 0.6 is 11.6 Å². The average Bonchev–Trinajstić information content (AvgIpc) is 2.28. The summed E-state index contributed by atoms with van der Waals surface area (Å²) in [6.07, 6.45) is 0.695. The normalized spacial score (nSPS) is 15.9. The zero-order valence-electron chi connectivity index (χ0n) is 8.07. The Morgan fingerprint density at radius 1 is 1.40 bits per heavy atom. The number of fused-ring (bicyclic) bond motifs is 1. The lowest BCUT2D eigenvalue weighted by molar-refractivity contribution is 0.170. The molecule has 0 amide bonds. The van der Waals surface area contributed by atoms with Crippen LogP contribution in [0.25, 0.3) is 0 Å². The minimum atomic E-state index is -0.738. The van der Waals surface area contributed by atoms with Gasteiger partial charge in [-0.3, -0.25) is 0 Å². The Balaban J connectivity index is 2.44. The van der Waals surface area contributed by atoms with Gasteiger partial charge in [-0.25, -0.2) is 0 Å². The van der Waals surface area contributed by atoms with Crippen molar-refractivity contribution < 1.29 is 14.6 Å². The van der Waals surface area contributed by atoms with Crippen LogP contribution in [-0.2, 0) is 0 Å². The van der Waals surface area contributed by atoms with Crippen LogP contribution in [0.4, 0.5) is 0 Å². The Morgan fingerprint density at radius 3 is 2.87 bits per heavy atom. The van der Waals surface area contributed by atoms with E-state index < -0.39 is 6.10 Å². The predicted octanol–water partition coefficient (Wildman–Crippen LogP) is 2.33. The number of benzene rings is 1. The third kappa shape index (κ3) is 1.94. The smallest absolute Gasteiger partial charge is 0.179 e. The molecule has 4 heteroatoms. The Bertz CT molecular complexity index is 390. The highest BCUT2D eigenvalue weighted by Crippen LogP contribution is 2.39. The van der Waals surface area contributed by atoms with Gasteiger partial charge in [0.1, 0.15) is 13.2 Å². The average molecular weight is 227 g/mol. The molecule has 0 saturated heterocycles. The van der Waals surface area contributed by atoms with Crippen molar-refractivity contribution in [2.24, 2.45) is 0 Å². The number of aliphatic hydroxyl groups is 1. The molecule has 1 heterocycles. The molecule has 3 nitrogen and oxygen atoms in total. The predicted molar refractivity (Wildman–Crippen MR) is 57.6 cm³/mol. The molecule has 1 aliphatic rings. The fraction of sp³-hybridized carbons (Fsp3) is 0.273. The standard InChI is InChI=1S/C11H11ClO3/c1-2-9(13)7-5-8(12)11-10(6-7)14-3-4-15-11/h2,5-6,9,13H,1,3-4H2. The second kappa shape index (κ2) is 4.13. The molecule has 1 aromatic rings. The van der Waals surface area contributed by atoms with Crippen molar-refractivity contribution in [1.82, 2.24) is 0 Å². The van der Waals surface area contributed by atoms with Gasteiger partial charge in [0.15, 0.2) is 11.5 Å². The molecule has 1 N–H and O–H groups in total. The first-order valence-corrected chi connectivity index (χ1v) is 5.00. The zero-order chi connectivity index (χ0) is 10.8. The second-order valence-corrected chi connectivity index (χ2v) is 3.61. The van der Waals surface area contributed by atoms with Crippen molar-refractivity contribution in [1.29, 1.82) is 0 Å². The lowest BCUT2D eigenvalue weighted by Crippen LogP contribution is -2.16. The summed E-state index contributed by atoms with van der Waals surface area (Å²) in [6.45, 7) is 4.51. The van der Waals surface area contributed by atoms with Crippen molar-refractivity contribution in [3.05, 3.63) is 35.4 Å². The molecule has 0 bridgehead atoms. The second-order valence-electron chi connectivity index (χ2n) is 3.21. The third-order valence-corrected chi connectivity index (χ3v) is 2.46. The summed E-state index contributed by atoms with van der Waals surface area (Å²) in [5.74, 6) is 1.12. The van der Waals surface area contributed by atoms with Crippen molar-refractivity contribution in [3.63, 3.8) is 0 Å². The molecular weight excluding hydrogens is 216 g/mol. The molecule has 80 valence electrons. The van der Waals surface area contributed by atoms with Crippen molar-refractivity contribution >= 4 is 11.6 Å². The fourth-order valence-electron chi connectivity index (χ4n) is 1.44. The van der Waals surface area contributed by atoms with E-state index in [4.69, 9.17) is 21.1 Å². The number of ether oxygens (including phenoxy) is 2. The lowest BCUT2D eigenvalue weighted by atomic mass is 10.1. The topological polar surface area (TPSA) is 38.7 Å². The van der Waals surface area contributed by atoms with Crippen LogP contribution in [0.1, 0.15) is 11.7 Å². The summed E-state index contributed by atoms with van der Waals surface area (Å²) in [5, 5.41) is 10.0. The Labute approximate surface area is 92.9 Å². The molecule has 0 aliphatic carbocycles. The summed E-state index contributed by atoms with van der Waals surface area (Å²) >= 11 is 6.00. The maximum absolute atomic E-state index is 9.58. The minimum absolute atomic E-state index is 0.447. The van der Waals surface area contributed by atoms with Gasteiger partial charge in [0.2, 0.25) is 0 Å². The SMILES string of the molecule is C=CC(O)c1cc(Cl)c2c(c1)OCCO2. The van der Waals surface area contributed by atoms with Crippen LogP contribution in [-0.4, -0.2) is 18.3 Å². The van der Waals surface area contributed by atoms with Gasteiger partial charge in [0.05, 0.1) is 11.1 Å². The quantitative estimate of drug-likeness (QED) is 0.787. The molecule has 0 spiro atoms. The van der Waals surface area contributed by atoms with Crippen molar-refractivity contribution in [2.75, 3.05) is 13.2 Å². The van der Waals surface area contributed by atoms with Crippen LogP contribution in [0.2, 0.25) is 5.02 Å². The van der Waals surface area contributed by atoms with E-state index in [-0.39, 0.29) is 0 Å². The van der Waals surface area contributed by atoms with E-state index in [0.717, 1.165) is 0 Å². The van der Waals surface area contributed by atoms with E-state index in [2.05, 4.69) is 6.58 Å². The fourth-order valence-corrected chi connectivity index (χ4v) is 1.71. The first-order valence-electron chi connectivity index (χ1n) is 4.62. The van der Waals surface area contributed by atoms with Crippen LogP contribution < -0.4 is 9.47 Å². The Kier molecular flexibility index (Phi) is 2.84. The minimum Gasteiger partial charge on any atom is -0.486 e. The van der Waals surface area contributed by atoms with E-state index in [0.29, 0.717) is 35.3 Å². The molecule has 1 aromatic carbocycles. The van der Waals surface area contributed by atoms with Gasteiger partial charge in [-0.05, 0) is 17.7 Å². The molecule has 0 radical (unpaired) electrons. The zero-order valence-corrected chi connectivity index (χ0v) is 8.83. The van der Waals surface area contributed by atoms with Crippen LogP contribution in [0.15, 0.2) is 24.8 Å². The van der Waals surface area contributed by atoms with Gasteiger partial charge in [-0.1, -0.05) is 17.7 Å². The molecule has 15 heavy (non-hydrogen) atoms. The first kappa shape index (κ1) is 10.3. The van der Waals surface area contributed by atoms with Gasteiger partial charge in [0, 0.05) is 0 Å². The molecule has 2 rings (SSSR count). The van der Waals surface area contributed by atoms with Crippen LogP contribution in [0.3, 0.4) is 0 Å². The molecule has 1 aliphatic heterocycles. The summed E-state index contributed by atoms with van der Waals surface area (Å²) in [7, 11) is 0. The summed E-state index contributed by atoms with van der Waals surface area (Å²) < 4.78 is 10.7. The molecular formula is C11H11ClO3. The van der Waals surface area contributed by atoms with Crippen molar-refractivity contribution in [3.8, 4) is 11.5 Å². The van der Waals surface area contributed by atoms with E-state index in [9.17, 15) is 5.11 Å². The summed E-state index contributed by atoms with van der Waals surface area (Å²) in [5.41, 5.74) is 0.652. The van der Waals surface area contributed by atoms with Crippen LogP contribution in [0, 0.1) is 0 Å². The maximum atomic E-state index is 9.58. The highest BCUT2D eigenvalue weighted by atomic mass is 35.5.